The molecule has 0 radical (unpaired) electrons. The number of nitrogens with one attached hydrogen (secondary N) is 1. The van der Waals surface area contributed by atoms with Gasteiger partial charge < -0.3 is 5.32 Å². The van der Waals surface area contributed by atoms with Crippen molar-refractivity contribution in [3.8, 4) is 0 Å². The first-order chi connectivity index (χ1) is 10.2. The number of amides is 1. The third kappa shape index (κ3) is 4.81. The molecule has 2 rings (SSSR count). The Hall–Kier alpha value is -1.42. The zero-order valence-corrected chi connectivity index (χ0v) is 13.8. The topological polar surface area (TPSA) is 42.0 Å². The fourth-order valence-electron chi connectivity index (χ4n) is 2.39. The fraction of sp³-hybridized carbons (Fsp3) is 0.529. The van der Waals surface area contributed by atoms with Crippen LogP contribution in [0.25, 0.3) is 10.2 Å². The number of rotatable bonds is 8. The standard InChI is InChI=1S/C17H24N2OS/c1-3-4-5-6-7-8-11-18-17(20)14-9-10-16-15(12-14)19-13(2)21-16/h9-10,12H,3-8,11H2,1-2H3,(H,18,20). The summed E-state index contributed by atoms with van der Waals surface area (Å²) in [4.78, 5) is 16.5. The highest BCUT2D eigenvalue weighted by molar-refractivity contribution is 7.18. The summed E-state index contributed by atoms with van der Waals surface area (Å²) in [7, 11) is 0. The van der Waals surface area contributed by atoms with Crippen molar-refractivity contribution in [1.29, 1.82) is 0 Å². The number of aryl methyl sites for hydroxylation is 1. The van der Waals surface area contributed by atoms with Crippen LogP contribution >= 0.6 is 11.3 Å². The average Bonchev–Trinajstić information content (AvgIpc) is 2.85. The maximum Gasteiger partial charge on any atom is 0.251 e. The summed E-state index contributed by atoms with van der Waals surface area (Å²) in [6, 6.07) is 5.76. The zero-order chi connectivity index (χ0) is 15.1. The lowest BCUT2D eigenvalue weighted by Gasteiger charge is -2.05. The quantitative estimate of drug-likeness (QED) is 0.719. The Labute approximate surface area is 130 Å². The van der Waals surface area contributed by atoms with E-state index in [-0.39, 0.29) is 5.91 Å². The minimum Gasteiger partial charge on any atom is -0.352 e. The van der Waals surface area contributed by atoms with Crippen LogP contribution in [-0.4, -0.2) is 17.4 Å². The normalized spacial score (nSPS) is 11.0. The summed E-state index contributed by atoms with van der Waals surface area (Å²) >= 11 is 1.66. The predicted molar refractivity (Wildman–Crippen MR) is 90.1 cm³/mol. The highest BCUT2D eigenvalue weighted by Crippen LogP contribution is 2.22. The van der Waals surface area contributed by atoms with E-state index < -0.39 is 0 Å². The van der Waals surface area contributed by atoms with Crippen molar-refractivity contribution in [2.45, 2.75) is 52.4 Å². The number of benzene rings is 1. The van der Waals surface area contributed by atoms with Crippen LogP contribution < -0.4 is 5.32 Å². The van der Waals surface area contributed by atoms with Crippen molar-refractivity contribution >= 4 is 27.5 Å². The van der Waals surface area contributed by atoms with E-state index in [0.29, 0.717) is 5.56 Å². The number of hydrogen-bond acceptors (Lipinski definition) is 3. The molecule has 1 N–H and O–H groups in total. The van der Waals surface area contributed by atoms with Crippen molar-refractivity contribution in [3.05, 3.63) is 28.8 Å². The van der Waals surface area contributed by atoms with Gasteiger partial charge in [-0.1, -0.05) is 39.0 Å². The van der Waals surface area contributed by atoms with Crippen LogP contribution in [-0.2, 0) is 0 Å². The van der Waals surface area contributed by atoms with Gasteiger partial charge in [0.1, 0.15) is 0 Å². The van der Waals surface area contributed by atoms with Crippen LogP contribution in [0.3, 0.4) is 0 Å². The summed E-state index contributed by atoms with van der Waals surface area (Å²) in [6.45, 7) is 4.98. The monoisotopic (exact) mass is 304 g/mol. The van der Waals surface area contributed by atoms with Crippen molar-refractivity contribution in [2.24, 2.45) is 0 Å². The number of unbranched alkanes of at least 4 members (excludes halogenated alkanes) is 5. The number of aromatic nitrogens is 1. The number of carbonyl (C=O) groups is 1. The number of nitrogens with zero attached hydrogens (tertiary/aromatic N) is 1. The third-order valence-electron chi connectivity index (χ3n) is 3.57. The van der Waals surface area contributed by atoms with Crippen molar-refractivity contribution in [1.82, 2.24) is 10.3 Å². The molecule has 3 nitrogen and oxygen atoms in total. The highest BCUT2D eigenvalue weighted by Gasteiger charge is 2.07. The van der Waals surface area contributed by atoms with Gasteiger partial charge >= 0.3 is 0 Å². The van der Waals surface area contributed by atoms with Gasteiger partial charge in [0.05, 0.1) is 15.2 Å². The molecule has 114 valence electrons. The van der Waals surface area contributed by atoms with Gasteiger partial charge in [0, 0.05) is 12.1 Å². The Bertz CT molecular complexity index is 591. The second kappa shape index (κ2) is 8.13. The molecule has 21 heavy (non-hydrogen) atoms. The van der Waals surface area contributed by atoms with E-state index in [1.165, 1.54) is 32.1 Å². The highest BCUT2D eigenvalue weighted by atomic mass is 32.1. The Balaban J connectivity index is 1.76. The molecule has 0 bridgehead atoms. The van der Waals surface area contributed by atoms with Crippen molar-refractivity contribution in [3.63, 3.8) is 0 Å². The molecule has 1 aromatic heterocycles. The van der Waals surface area contributed by atoms with Gasteiger partial charge in [-0.15, -0.1) is 11.3 Å². The Morgan fingerprint density at radius 3 is 2.76 bits per heavy atom. The molecule has 2 aromatic rings. The Morgan fingerprint density at radius 1 is 1.19 bits per heavy atom. The SMILES string of the molecule is CCCCCCCCNC(=O)c1ccc2sc(C)nc2c1. The van der Waals surface area contributed by atoms with E-state index in [1.54, 1.807) is 11.3 Å². The van der Waals surface area contributed by atoms with Gasteiger partial charge in [-0.3, -0.25) is 4.79 Å². The zero-order valence-electron chi connectivity index (χ0n) is 12.9. The van der Waals surface area contributed by atoms with E-state index in [0.717, 1.165) is 28.2 Å². The Kier molecular flexibility index (Phi) is 6.18. The second-order valence-corrected chi connectivity index (χ2v) is 6.67. The van der Waals surface area contributed by atoms with Crippen molar-refractivity contribution < 1.29 is 4.79 Å². The van der Waals surface area contributed by atoms with E-state index in [4.69, 9.17) is 0 Å². The number of hydrogen-bond donors (Lipinski definition) is 1. The lowest BCUT2D eigenvalue weighted by Crippen LogP contribution is -2.24. The summed E-state index contributed by atoms with van der Waals surface area (Å²) in [6.07, 6.45) is 7.44. The van der Waals surface area contributed by atoms with Crippen molar-refractivity contribution in [2.75, 3.05) is 6.54 Å². The van der Waals surface area contributed by atoms with Gasteiger partial charge in [-0.25, -0.2) is 4.98 Å². The van der Waals surface area contributed by atoms with Crippen LogP contribution in [0.15, 0.2) is 18.2 Å². The van der Waals surface area contributed by atoms with E-state index in [1.807, 2.05) is 25.1 Å². The molecular formula is C17H24N2OS. The molecule has 0 fully saturated rings. The maximum atomic E-state index is 12.1. The molecule has 1 amide bonds. The van der Waals surface area contributed by atoms with Gasteiger partial charge in [-0.2, -0.15) is 0 Å². The minimum atomic E-state index is 0.0103. The van der Waals surface area contributed by atoms with Gasteiger partial charge in [-0.05, 0) is 31.5 Å². The lowest BCUT2D eigenvalue weighted by molar-refractivity contribution is 0.0953. The van der Waals surface area contributed by atoms with E-state index >= 15 is 0 Å². The molecule has 1 heterocycles. The minimum absolute atomic E-state index is 0.0103. The molecule has 0 atom stereocenters. The van der Waals surface area contributed by atoms with Crippen LogP contribution in [0.5, 0.6) is 0 Å². The third-order valence-corrected chi connectivity index (χ3v) is 4.52. The molecular weight excluding hydrogens is 280 g/mol. The number of fused-ring (bicyclic) bond motifs is 1. The average molecular weight is 304 g/mol. The van der Waals surface area contributed by atoms with Crippen LogP contribution in [0, 0.1) is 6.92 Å². The van der Waals surface area contributed by atoms with Crippen LogP contribution in [0.4, 0.5) is 0 Å². The summed E-state index contributed by atoms with van der Waals surface area (Å²) < 4.78 is 1.14. The smallest absolute Gasteiger partial charge is 0.251 e. The number of thiazole rings is 1. The lowest BCUT2D eigenvalue weighted by atomic mass is 10.1. The molecule has 0 aliphatic rings. The summed E-state index contributed by atoms with van der Waals surface area (Å²) in [5, 5.41) is 4.03. The maximum absolute atomic E-state index is 12.1. The van der Waals surface area contributed by atoms with Crippen LogP contribution in [0.2, 0.25) is 0 Å². The fourth-order valence-corrected chi connectivity index (χ4v) is 3.20. The molecule has 0 saturated heterocycles. The molecule has 4 heteroatoms. The molecule has 0 spiro atoms. The predicted octanol–water partition coefficient (Wildman–Crippen LogP) is 4.70. The van der Waals surface area contributed by atoms with Gasteiger partial charge in [0.15, 0.2) is 0 Å². The molecule has 0 saturated carbocycles. The first kappa shape index (κ1) is 16.0. The molecule has 0 aliphatic carbocycles. The summed E-state index contributed by atoms with van der Waals surface area (Å²) in [5.74, 6) is 0.0103. The number of carbonyl (C=O) groups excluding carboxylic acids is 1. The van der Waals surface area contributed by atoms with Gasteiger partial charge in [0.2, 0.25) is 0 Å². The van der Waals surface area contributed by atoms with E-state index in [9.17, 15) is 4.79 Å². The first-order valence-electron chi connectivity index (χ1n) is 7.86. The molecule has 0 aliphatic heterocycles. The van der Waals surface area contributed by atoms with E-state index in [2.05, 4.69) is 17.2 Å². The first-order valence-corrected chi connectivity index (χ1v) is 8.67. The second-order valence-electron chi connectivity index (χ2n) is 5.44. The summed E-state index contributed by atoms with van der Waals surface area (Å²) in [5.41, 5.74) is 1.63. The molecule has 0 unspecified atom stereocenters. The van der Waals surface area contributed by atoms with Gasteiger partial charge in [0.25, 0.3) is 5.91 Å². The Morgan fingerprint density at radius 2 is 1.95 bits per heavy atom. The molecule has 1 aromatic carbocycles. The van der Waals surface area contributed by atoms with Crippen LogP contribution in [0.1, 0.15) is 60.8 Å². The largest absolute Gasteiger partial charge is 0.352 e.